The van der Waals surface area contributed by atoms with Crippen molar-refractivity contribution in [3.8, 4) is 0 Å². The highest BCUT2D eigenvalue weighted by atomic mass is 16.7. The quantitative estimate of drug-likeness (QED) is 0.392. The zero-order valence-electron chi connectivity index (χ0n) is 7.19. The molecule has 4 nitrogen and oxygen atoms in total. The maximum atomic E-state index is 10.6. The highest BCUT2D eigenvalue weighted by Crippen LogP contribution is 2.38. The van der Waals surface area contributed by atoms with Crippen molar-refractivity contribution in [2.24, 2.45) is 0 Å². The van der Waals surface area contributed by atoms with Crippen LogP contribution in [0.1, 0.15) is 11.1 Å². The molecule has 68 valence electrons. The average Bonchev–Trinajstić information content (AvgIpc) is 2.86. The number of rotatable bonds is 2. The molecule has 0 aliphatic carbocycles. The summed E-state index contributed by atoms with van der Waals surface area (Å²) >= 11 is 0. The van der Waals surface area contributed by atoms with Gasteiger partial charge in [-0.25, -0.2) is 0 Å². The number of hydrogen-bond donors (Lipinski definition) is 0. The Kier molecular flexibility index (Phi) is 1.60. The fourth-order valence-corrected chi connectivity index (χ4v) is 1.26. The van der Waals surface area contributed by atoms with E-state index in [0.29, 0.717) is 5.56 Å². The number of hydrogen-bond acceptors (Lipinski definition) is 3. The van der Waals surface area contributed by atoms with Gasteiger partial charge >= 0.3 is 5.72 Å². The van der Waals surface area contributed by atoms with E-state index in [1.807, 2.05) is 19.1 Å². The van der Waals surface area contributed by atoms with Crippen molar-refractivity contribution in [3.63, 3.8) is 0 Å². The van der Waals surface area contributed by atoms with Crippen molar-refractivity contribution in [1.29, 1.82) is 0 Å². The molecule has 0 amide bonds. The summed E-state index contributed by atoms with van der Waals surface area (Å²) in [5, 5.41) is 10.6. The lowest BCUT2D eigenvalue weighted by molar-refractivity contribution is -0.571. The zero-order chi connectivity index (χ0) is 9.47. The lowest BCUT2D eigenvalue weighted by Crippen LogP contribution is -2.20. The summed E-state index contributed by atoms with van der Waals surface area (Å²) in [5.74, 6) is 0. The van der Waals surface area contributed by atoms with Gasteiger partial charge < -0.3 is 0 Å². The summed E-state index contributed by atoms with van der Waals surface area (Å²) in [6.45, 7) is 2.12. The maximum Gasteiger partial charge on any atom is 0.375 e. The number of nitrogens with zero attached hydrogens (tertiary/aromatic N) is 1. The molecule has 1 fully saturated rings. The largest absolute Gasteiger partial charge is 0.375 e. The van der Waals surface area contributed by atoms with E-state index in [0.717, 1.165) is 5.56 Å². The van der Waals surface area contributed by atoms with Crippen LogP contribution in [0, 0.1) is 17.0 Å². The second-order valence-electron chi connectivity index (χ2n) is 3.20. The van der Waals surface area contributed by atoms with Crippen LogP contribution in [0.4, 0.5) is 0 Å². The molecule has 0 radical (unpaired) electrons. The van der Waals surface area contributed by atoms with Gasteiger partial charge in [0.1, 0.15) is 0 Å². The number of nitro groups is 1. The Morgan fingerprint density at radius 3 is 2.38 bits per heavy atom. The molecule has 2 rings (SSSR count). The number of epoxide rings is 1. The first-order chi connectivity index (χ1) is 6.15. The number of ether oxygens (including phenoxy) is 1. The molecule has 1 saturated heterocycles. The number of aryl methyl sites for hydroxylation is 1. The second-order valence-corrected chi connectivity index (χ2v) is 3.20. The van der Waals surface area contributed by atoms with Crippen LogP contribution < -0.4 is 0 Å². The van der Waals surface area contributed by atoms with Gasteiger partial charge in [-0.1, -0.05) is 17.7 Å². The predicted molar refractivity (Wildman–Crippen MR) is 45.8 cm³/mol. The molecule has 1 aliphatic heterocycles. The van der Waals surface area contributed by atoms with E-state index in [4.69, 9.17) is 4.74 Å². The molecule has 1 aliphatic rings. The van der Waals surface area contributed by atoms with Crippen molar-refractivity contribution < 1.29 is 9.66 Å². The van der Waals surface area contributed by atoms with Crippen LogP contribution in [0.3, 0.4) is 0 Å². The fraction of sp³-hybridized carbons (Fsp3) is 0.333. The normalized spacial score (nSPS) is 25.6. The SMILES string of the molecule is Cc1ccc(C2([N+](=O)[O-])CO2)cc1. The third-order valence-corrected chi connectivity index (χ3v) is 2.22. The lowest BCUT2D eigenvalue weighted by atomic mass is 10.1. The fourth-order valence-electron chi connectivity index (χ4n) is 1.26. The smallest absolute Gasteiger partial charge is 0.298 e. The van der Waals surface area contributed by atoms with E-state index >= 15 is 0 Å². The molecule has 0 bridgehead atoms. The van der Waals surface area contributed by atoms with Gasteiger partial charge in [-0.2, -0.15) is 0 Å². The van der Waals surface area contributed by atoms with E-state index in [-0.39, 0.29) is 11.5 Å². The van der Waals surface area contributed by atoms with Crippen molar-refractivity contribution in [3.05, 3.63) is 45.5 Å². The van der Waals surface area contributed by atoms with Crippen molar-refractivity contribution in [1.82, 2.24) is 0 Å². The van der Waals surface area contributed by atoms with Crippen molar-refractivity contribution >= 4 is 0 Å². The third-order valence-electron chi connectivity index (χ3n) is 2.22. The first-order valence-corrected chi connectivity index (χ1v) is 4.01. The first kappa shape index (κ1) is 8.19. The molecule has 4 heteroatoms. The molecule has 1 aromatic carbocycles. The topological polar surface area (TPSA) is 55.7 Å². The first-order valence-electron chi connectivity index (χ1n) is 4.01. The van der Waals surface area contributed by atoms with Crippen LogP contribution in [0.15, 0.2) is 24.3 Å². The van der Waals surface area contributed by atoms with E-state index in [1.165, 1.54) is 0 Å². The summed E-state index contributed by atoms with van der Waals surface area (Å²) in [7, 11) is 0. The Hall–Kier alpha value is -1.42. The minimum atomic E-state index is -1.24. The molecular formula is C9H9NO3. The highest BCUT2D eigenvalue weighted by Gasteiger charge is 2.60. The van der Waals surface area contributed by atoms with E-state index in [9.17, 15) is 10.1 Å². The minimum absolute atomic E-state index is 0.184. The second kappa shape index (κ2) is 2.53. The Balaban J connectivity index is 2.36. The van der Waals surface area contributed by atoms with E-state index in [1.54, 1.807) is 12.1 Å². The summed E-state index contributed by atoms with van der Waals surface area (Å²) in [6.07, 6.45) is 0. The molecule has 1 heterocycles. The zero-order valence-corrected chi connectivity index (χ0v) is 7.19. The molecule has 0 N–H and O–H groups in total. The average molecular weight is 179 g/mol. The van der Waals surface area contributed by atoms with Gasteiger partial charge in [-0.05, 0) is 19.1 Å². The molecule has 13 heavy (non-hydrogen) atoms. The van der Waals surface area contributed by atoms with Crippen LogP contribution in [0.5, 0.6) is 0 Å². The molecule has 1 unspecified atom stereocenters. The highest BCUT2D eigenvalue weighted by molar-refractivity contribution is 5.27. The van der Waals surface area contributed by atoms with Crippen LogP contribution in [0.25, 0.3) is 0 Å². The Bertz CT molecular complexity index is 340. The minimum Gasteiger partial charge on any atom is -0.298 e. The molecular weight excluding hydrogens is 170 g/mol. The molecule has 1 atom stereocenters. The van der Waals surface area contributed by atoms with E-state index < -0.39 is 5.72 Å². The molecule has 1 aromatic rings. The van der Waals surface area contributed by atoms with Crippen LogP contribution in [-0.2, 0) is 10.5 Å². The van der Waals surface area contributed by atoms with Crippen LogP contribution in [0.2, 0.25) is 0 Å². The summed E-state index contributed by atoms with van der Waals surface area (Å²) in [5.41, 5.74) is 0.472. The van der Waals surface area contributed by atoms with Gasteiger partial charge in [0, 0.05) is 0 Å². The van der Waals surface area contributed by atoms with Gasteiger partial charge in [0.2, 0.25) is 0 Å². The Morgan fingerprint density at radius 2 is 2.00 bits per heavy atom. The Labute approximate surface area is 75.3 Å². The Morgan fingerprint density at radius 1 is 1.46 bits per heavy atom. The van der Waals surface area contributed by atoms with Gasteiger partial charge in [0.05, 0.1) is 10.5 Å². The third kappa shape index (κ3) is 1.19. The molecule has 0 aromatic heterocycles. The van der Waals surface area contributed by atoms with Gasteiger partial charge in [0.25, 0.3) is 0 Å². The lowest BCUT2D eigenvalue weighted by Gasteiger charge is -2.03. The predicted octanol–water partition coefficient (Wildman–Crippen LogP) is 1.45. The van der Waals surface area contributed by atoms with Crippen LogP contribution in [-0.4, -0.2) is 11.5 Å². The van der Waals surface area contributed by atoms with E-state index in [2.05, 4.69) is 0 Å². The standard InChI is InChI=1S/C9H9NO3/c1-7-2-4-8(5-3-7)9(6-13-9)10(11)12/h2-5H,6H2,1H3. The van der Waals surface area contributed by atoms with Crippen molar-refractivity contribution in [2.75, 3.05) is 6.61 Å². The summed E-state index contributed by atoms with van der Waals surface area (Å²) < 4.78 is 4.88. The number of benzene rings is 1. The van der Waals surface area contributed by atoms with Gasteiger partial charge in [0.15, 0.2) is 6.61 Å². The monoisotopic (exact) mass is 179 g/mol. The summed E-state index contributed by atoms with van der Waals surface area (Å²) in [4.78, 5) is 10.3. The summed E-state index contributed by atoms with van der Waals surface area (Å²) in [6, 6.07) is 7.18. The maximum absolute atomic E-state index is 10.6. The van der Waals surface area contributed by atoms with Gasteiger partial charge in [-0.3, -0.25) is 14.9 Å². The van der Waals surface area contributed by atoms with Crippen LogP contribution >= 0.6 is 0 Å². The van der Waals surface area contributed by atoms with Gasteiger partial charge in [-0.15, -0.1) is 0 Å². The molecule has 0 spiro atoms. The molecule has 0 saturated carbocycles. The van der Waals surface area contributed by atoms with Crippen molar-refractivity contribution in [2.45, 2.75) is 12.6 Å².